The average Bonchev–Trinajstić information content (AvgIpc) is 3.10. The molecule has 2 heterocycles. The summed E-state index contributed by atoms with van der Waals surface area (Å²) >= 11 is 0. The van der Waals surface area contributed by atoms with Gasteiger partial charge in [-0.05, 0) is 35.4 Å². The van der Waals surface area contributed by atoms with Gasteiger partial charge in [0, 0.05) is 38.4 Å². The van der Waals surface area contributed by atoms with Crippen LogP contribution in [-0.4, -0.2) is 52.1 Å². The first-order chi connectivity index (χ1) is 12.9. The summed E-state index contributed by atoms with van der Waals surface area (Å²) in [6.07, 6.45) is 0.920. The molecule has 0 unspecified atom stereocenters. The maximum atomic E-state index is 12.7. The Hall–Kier alpha value is -2.14. The normalized spacial score (nSPS) is 15.7. The number of amides is 1. The lowest BCUT2D eigenvalue weighted by Crippen LogP contribution is -2.48. The van der Waals surface area contributed by atoms with E-state index in [-0.39, 0.29) is 5.91 Å². The Balaban J connectivity index is 1.50. The molecule has 0 bridgehead atoms. The van der Waals surface area contributed by atoms with Crippen LogP contribution < -0.4 is 0 Å². The van der Waals surface area contributed by atoms with E-state index in [1.807, 2.05) is 11.0 Å². The molecule has 1 aliphatic rings. The van der Waals surface area contributed by atoms with Crippen LogP contribution in [0.4, 0.5) is 0 Å². The van der Waals surface area contributed by atoms with Crippen molar-refractivity contribution in [3.63, 3.8) is 0 Å². The van der Waals surface area contributed by atoms with Crippen LogP contribution in [0, 0.1) is 5.92 Å². The third-order valence-corrected chi connectivity index (χ3v) is 5.19. The summed E-state index contributed by atoms with van der Waals surface area (Å²) in [5, 5.41) is 7.23. The Morgan fingerprint density at radius 2 is 1.74 bits per heavy atom. The van der Waals surface area contributed by atoms with Crippen molar-refractivity contribution in [2.45, 2.75) is 46.6 Å². The molecule has 0 radical (unpaired) electrons. The zero-order chi connectivity index (χ0) is 19.4. The van der Waals surface area contributed by atoms with E-state index < -0.39 is 0 Å². The first-order valence-corrected chi connectivity index (χ1v) is 10.1. The maximum absolute atomic E-state index is 12.7. The van der Waals surface area contributed by atoms with Crippen LogP contribution in [-0.2, 0) is 13.0 Å². The van der Waals surface area contributed by atoms with E-state index in [9.17, 15) is 4.79 Å². The molecule has 3 rings (SSSR count). The number of aromatic amines is 1. The summed E-state index contributed by atoms with van der Waals surface area (Å²) in [6.45, 7) is 13.0. The smallest absolute Gasteiger partial charge is 0.274 e. The number of piperazine rings is 1. The standard InChI is InChI=1S/C22H32N4O/c1-16(2)13-20-14-21(24-23-20)22(27)26-11-9-25(10-12-26)15-18-5-7-19(8-6-18)17(3)4/h5-8,14,16-17H,9-13,15H2,1-4H3,(H,23,24). The zero-order valence-electron chi connectivity index (χ0n) is 17.0. The van der Waals surface area contributed by atoms with Crippen LogP contribution in [0.1, 0.15) is 60.9 Å². The molecule has 0 spiro atoms. The van der Waals surface area contributed by atoms with Gasteiger partial charge in [-0.1, -0.05) is 52.0 Å². The molecular formula is C22H32N4O. The molecule has 1 amide bonds. The SMILES string of the molecule is CC(C)Cc1cc(C(=O)N2CCN(Cc3ccc(C(C)C)cc3)CC2)n[nH]1. The number of carbonyl (C=O) groups is 1. The van der Waals surface area contributed by atoms with Crippen molar-refractivity contribution in [3.8, 4) is 0 Å². The van der Waals surface area contributed by atoms with Gasteiger partial charge in [0.2, 0.25) is 0 Å². The van der Waals surface area contributed by atoms with E-state index in [2.05, 4.69) is 67.1 Å². The van der Waals surface area contributed by atoms with Gasteiger partial charge in [0.15, 0.2) is 0 Å². The molecule has 1 N–H and O–H groups in total. The lowest BCUT2D eigenvalue weighted by atomic mass is 10.0. The first kappa shape index (κ1) is 19.6. The largest absolute Gasteiger partial charge is 0.335 e. The zero-order valence-corrected chi connectivity index (χ0v) is 17.0. The molecule has 2 aromatic rings. The van der Waals surface area contributed by atoms with Gasteiger partial charge in [-0.3, -0.25) is 14.8 Å². The summed E-state index contributed by atoms with van der Waals surface area (Å²) in [4.78, 5) is 17.0. The quantitative estimate of drug-likeness (QED) is 0.846. The monoisotopic (exact) mass is 368 g/mol. The number of carbonyl (C=O) groups excluding carboxylic acids is 1. The topological polar surface area (TPSA) is 52.2 Å². The highest BCUT2D eigenvalue weighted by molar-refractivity contribution is 5.92. The van der Waals surface area contributed by atoms with Crippen molar-refractivity contribution >= 4 is 5.91 Å². The minimum absolute atomic E-state index is 0.0437. The van der Waals surface area contributed by atoms with E-state index in [0.29, 0.717) is 17.5 Å². The highest BCUT2D eigenvalue weighted by atomic mass is 16.2. The molecule has 5 heteroatoms. The molecule has 1 aliphatic heterocycles. The molecule has 5 nitrogen and oxygen atoms in total. The fourth-order valence-electron chi connectivity index (χ4n) is 3.55. The molecule has 1 fully saturated rings. The summed E-state index contributed by atoms with van der Waals surface area (Å²) in [6, 6.07) is 10.8. The van der Waals surface area contributed by atoms with E-state index in [4.69, 9.17) is 0 Å². The molecule has 27 heavy (non-hydrogen) atoms. The third-order valence-electron chi connectivity index (χ3n) is 5.19. The number of nitrogens with zero attached hydrogens (tertiary/aromatic N) is 3. The number of rotatable bonds is 6. The highest BCUT2D eigenvalue weighted by Gasteiger charge is 2.24. The third kappa shape index (κ3) is 5.19. The van der Waals surface area contributed by atoms with Crippen LogP contribution in [0.2, 0.25) is 0 Å². The lowest BCUT2D eigenvalue weighted by molar-refractivity contribution is 0.0622. The lowest BCUT2D eigenvalue weighted by Gasteiger charge is -2.34. The van der Waals surface area contributed by atoms with Gasteiger partial charge in [-0.25, -0.2) is 0 Å². The van der Waals surface area contributed by atoms with E-state index in [1.54, 1.807) is 0 Å². The number of hydrogen-bond donors (Lipinski definition) is 1. The van der Waals surface area contributed by atoms with E-state index in [1.165, 1.54) is 11.1 Å². The summed E-state index contributed by atoms with van der Waals surface area (Å²) in [5.41, 5.74) is 4.30. The predicted octanol–water partition coefficient (Wildman–Crippen LogP) is 3.69. The van der Waals surface area contributed by atoms with Crippen LogP contribution in [0.15, 0.2) is 30.3 Å². The van der Waals surface area contributed by atoms with Gasteiger partial charge in [-0.2, -0.15) is 5.10 Å². The Kier molecular flexibility index (Phi) is 6.32. The fourth-order valence-corrected chi connectivity index (χ4v) is 3.55. The van der Waals surface area contributed by atoms with Crippen molar-refractivity contribution in [3.05, 3.63) is 52.8 Å². The second-order valence-electron chi connectivity index (χ2n) is 8.34. The Labute approximate surface area is 162 Å². The van der Waals surface area contributed by atoms with Crippen LogP contribution in [0.25, 0.3) is 0 Å². The van der Waals surface area contributed by atoms with Gasteiger partial charge < -0.3 is 4.90 Å². The minimum atomic E-state index is 0.0437. The Morgan fingerprint density at radius 1 is 1.07 bits per heavy atom. The van der Waals surface area contributed by atoms with Crippen molar-refractivity contribution in [1.29, 1.82) is 0 Å². The molecule has 146 valence electrons. The van der Waals surface area contributed by atoms with Crippen LogP contribution >= 0.6 is 0 Å². The van der Waals surface area contributed by atoms with Gasteiger partial charge in [-0.15, -0.1) is 0 Å². The average molecular weight is 369 g/mol. The summed E-state index contributed by atoms with van der Waals surface area (Å²) in [5.74, 6) is 1.16. The number of benzene rings is 1. The Morgan fingerprint density at radius 3 is 2.33 bits per heavy atom. The van der Waals surface area contributed by atoms with E-state index >= 15 is 0 Å². The van der Waals surface area contributed by atoms with Gasteiger partial charge in [0.25, 0.3) is 5.91 Å². The summed E-state index contributed by atoms with van der Waals surface area (Å²) in [7, 11) is 0. The molecule has 0 atom stereocenters. The van der Waals surface area contributed by atoms with Crippen LogP contribution in [0.3, 0.4) is 0 Å². The maximum Gasteiger partial charge on any atom is 0.274 e. The van der Waals surface area contributed by atoms with Gasteiger partial charge in [0.1, 0.15) is 5.69 Å². The molecule has 1 aromatic heterocycles. The number of aromatic nitrogens is 2. The second-order valence-corrected chi connectivity index (χ2v) is 8.34. The van der Waals surface area contributed by atoms with Crippen molar-refractivity contribution in [2.24, 2.45) is 5.92 Å². The Bertz CT molecular complexity index is 740. The van der Waals surface area contributed by atoms with Crippen molar-refractivity contribution < 1.29 is 4.79 Å². The van der Waals surface area contributed by atoms with Crippen LogP contribution in [0.5, 0.6) is 0 Å². The van der Waals surface area contributed by atoms with Crippen molar-refractivity contribution in [1.82, 2.24) is 20.0 Å². The minimum Gasteiger partial charge on any atom is -0.335 e. The molecule has 1 saturated heterocycles. The molecular weight excluding hydrogens is 336 g/mol. The number of hydrogen-bond acceptors (Lipinski definition) is 3. The summed E-state index contributed by atoms with van der Waals surface area (Å²) < 4.78 is 0. The van der Waals surface area contributed by atoms with Gasteiger partial charge in [0.05, 0.1) is 0 Å². The molecule has 1 aromatic carbocycles. The first-order valence-electron chi connectivity index (χ1n) is 10.1. The molecule has 0 aliphatic carbocycles. The number of H-pyrrole nitrogens is 1. The van der Waals surface area contributed by atoms with E-state index in [0.717, 1.165) is 44.8 Å². The number of nitrogens with one attached hydrogen (secondary N) is 1. The van der Waals surface area contributed by atoms with Gasteiger partial charge >= 0.3 is 0 Å². The van der Waals surface area contributed by atoms with Crippen molar-refractivity contribution in [2.75, 3.05) is 26.2 Å². The fraction of sp³-hybridized carbons (Fsp3) is 0.545. The predicted molar refractivity (Wildman–Crippen MR) is 109 cm³/mol. The highest BCUT2D eigenvalue weighted by Crippen LogP contribution is 2.17. The second kappa shape index (κ2) is 8.70. The molecule has 0 saturated carbocycles.